The molecule has 7 aliphatic rings. The smallest absolute Gasteiger partial charge is 0.338 e. The van der Waals surface area contributed by atoms with E-state index < -0.39 is 205 Å². The van der Waals surface area contributed by atoms with Crippen molar-refractivity contribution in [2.75, 3.05) is 46.2 Å². The lowest BCUT2D eigenvalue weighted by molar-refractivity contribution is -0.275. The van der Waals surface area contributed by atoms with E-state index in [2.05, 4.69) is 0 Å². The third kappa shape index (κ3) is 27.3. The molecule has 11 aromatic carbocycles. The van der Waals surface area contributed by atoms with Crippen molar-refractivity contribution in [3.8, 4) is 0 Å². The molecule has 0 aromatic heterocycles. The van der Waals surface area contributed by atoms with E-state index in [1.54, 1.807) is 30.3 Å². The fourth-order valence-electron chi connectivity index (χ4n) is 18.3. The molecule has 750 valence electrons. The van der Waals surface area contributed by atoms with Crippen molar-refractivity contribution >= 4 is 5.97 Å². The summed E-state index contributed by atoms with van der Waals surface area (Å²) in [5.74, 6) is -0.841. The highest BCUT2D eigenvalue weighted by Gasteiger charge is 2.60. The molecule has 18 rings (SSSR count). The minimum Gasteiger partial charge on any atom is -0.450 e. The summed E-state index contributed by atoms with van der Waals surface area (Å²) in [4.78, 5) is 15.6. The van der Waals surface area contributed by atoms with Crippen LogP contribution >= 0.6 is 0 Å². The van der Waals surface area contributed by atoms with Gasteiger partial charge in [-0.2, -0.15) is 0 Å². The van der Waals surface area contributed by atoms with Gasteiger partial charge >= 0.3 is 5.97 Å². The predicted molar refractivity (Wildman–Crippen MR) is 509 cm³/mol. The van der Waals surface area contributed by atoms with Crippen LogP contribution in [0.3, 0.4) is 0 Å². The number of hydrogen-bond acceptors (Lipinski definition) is 30. The predicted octanol–water partition coefficient (Wildman–Crippen LogP) is 12.3. The van der Waals surface area contributed by atoms with Crippen molar-refractivity contribution in [3.05, 3.63) is 395 Å². The molecule has 7 saturated heterocycles. The summed E-state index contributed by atoms with van der Waals surface area (Å²) >= 11 is 0. The second-order valence-corrected chi connectivity index (χ2v) is 35.8. The molecule has 0 bridgehead atoms. The standard InChI is InChI=1S/C112H122O30/c113-56-84-91(115)98(125-64-79-46-24-7-25-47-79)110(133-84)141-102-95(123-62-77-42-20-5-21-43-77)86(68-119-58-73-34-12-1-13-35-73)135-108(102)131-72-90-97(140-112-103(142-111-99(92(116)85(57-114)134-111)126-65-80-48-26-8-27-49-80)96(124-63-78-44-22-6-23-45-78)87(138-112)69-120-59-74-36-14-2-15-37-74)104(139-105(117)83-54-32-11-33-55-83)109(137-90)130-71-89-94(122-61-76-40-18-4-19-41-76)101(128-67-82-52-30-10-31-53-82)107(136-89)129-70-88-93(121-60-75-38-16-3-17-39-75)100(106(118)132-88)127-66-81-50-28-9-29-51-81/h1-55,84-104,106-116,118H,56-72H2/t84-,85-,86-,87-,88-,89-,90-,91-,92-,93-,94-,95-,96-,97-,98+,99+,100+,101+,102+,103+,104+,106+,107+,108+,109+,110+,111+,112-/m1/s1. The van der Waals surface area contributed by atoms with E-state index in [4.69, 9.17) is 114 Å². The minimum absolute atomic E-state index is 0.00622. The Balaban J connectivity index is 0.726. The lowest BCUT2D eigenvalue weighted by Gasteiger charge is -2.32. The number of aliphatic hydroxyl groups is 5. The topological polar surface area (TPSA) is 340 Å². The molecule has 7 fully saturated rings. The molecule has 0 spiro atoms. The fraction of sp³-hybridized carbons (Fsp3) is 0.402. The normalized spacial score (nSPS) is 30.1. The van der Waals surface area contributed by atoms with Crippen LogP contribution in [-0.2, 0) is 180 Å². The minimum atomic E-state index is -1.67. The van der Waals surface area contributed by atoms with Crippen LogP contribution in [0.4, 0.5) is 0 Å². The molecular weight excluding hydrogens is 1830 g/mol. The van der Waals surface area contributed by atoms with E-state index >= 15 is 4.79 Å². The number of carbonyl (C=O) groups is 1. The Morgan fingerprint density at radius 3 is 0.775 bits per heavy atom. The van der Waals surface area contributed by atoms with Crippen LogP contribution in [0, 0.1) is 0 Å². The molecule has 7 aliphatic heterocycles. The molecule has 30 heteroatoms. The molecular formula is C112H122O30. The average molecular weight is 1950 g/mol. The van der Waals surface area contributed by atoms with Crippen LogP contribution in [-0.4, -0.2) is 250 Å². The Hall–Kier alpha value is -10.2. The molecule has 0 radical (unpaired) electrons. The molecule has 0 saturated carbocycles. The van der Waals surface area contributed by atoms with Crippen molar-refractivity contribution in [2.45, 2.75) is 238 Å². The second kappa shape index (κ2) is 52.0. The van der Waals surface area contributed by atoms with E-state index in [0.717, 1.165) is 55.6 Å². The van der Waals surface area contributed by atoms with Crippen molar-refractivity contribution in [3.63, 3.8) is 0 Å². The summed E-state index contributed by atoms with van der Waals surface area (Å²) in [5.41, 5.74) is 8.34. The van der Waals surface area contributed by atoms with Gasteiger partial charge in [0.15, 0.2) is 50.1 Å². The number of benzene rings is 11. The van der Waals surface area contributed by atoms with Gasteiger partial charge < -0.3 is 139 Å². The zero-order valence-corrected chi connectivity index (χ0v) is 78.4. The van der Waals surface area contributed by atoms with Gasteiger partial charge in [0, 0.05) is 0 Å². The van der Waals surface area contributed by atoms with Gasteiger partial charge in [-0.3, -0.25) is 0 Å². The van der Waals surface area contributed by atoms with Gasteiger partial charge in [-0.1, -0.05) is 322 Å². The van der Waals surface area contributed by atoms with Gasteiger partial charge in [0.2, 0.25) is 0 Å². The highest BCUT2D eigenvalue weighted by atomic mass is 16.8. The Bertz CT molecular complexity index is 5450. The van der Waals surface area contributed by atoms with Crippen LogP contribution in [0.1, 0.15) is 66.0 Å². The third-order valence-corrected chi connectivity index (χ3v) is 25.8. The quantitative estimate of drug-likeness (QED) is 0.0221. The summed E-state index contributed by atoms with van der Waals surface area (Å²) in [5, 5.41) is 58.1. The molecule has 0 aliphatic carbocycles. The van der Waals surface area contributed by atoms with Gasteiger partial charge in [0.05, 0.1) is 118 Å². The maximum atomic E-state index is 15.6. The summed E-state index contributed by atoms with van der Waals surface area (Å²) in [6.45, 7) is -1.98. The average Bonchev–Trinajstić information content (AvgIpc) is 1.74. The van der Waals surface area contributed by atoms with E-state index in [-0.39, 0.29) is 91.5 Å². The van der Waals surface area contributed by atoms with Gasteiger partial charge in [-0.05, 0) is 67.8 Å². The zero-order chi connectivity index (χ0) is 97.0. The Labute approximate surface area is 825 Å². The third-order valence-electron chi connectivity index (χ3n) is 25.8. The maximum absolute atomic E-state index is 15.6. The first kappa shape index (κ1) is 102. The van der Waals surface area contributed by atoms with Gasteiger partial charge in [-0.25, -0.2) is 4.79 Å². The molecule has 0 amide bonds. The molecule has 28 atom stereocenters. The summed E-state index contributed by atoms with van der Waals surface area (Å²) < 4.78 is 167. The van der Waals surface area contributed by atoms with Crippen molar-refractivity contribution in [1.29, 1.82) is 0 Å². The first-order valence-electron chi connectivity index (χ1n) is 48.3. The molecule has 30 nitrogen and oxygen atoms in total. The Morgan fingerprint density at radius 1 is 0.211 bits per heavy atom. The van der Waals surface area contributed by atoms with E-state index in [0.29, 0.717) is 0 Å². The summed E-state index contributed by atoms with van der Waals surface area (Å²) in [6, 6.07) is 104. The van der Waals surface area contributed by atoms with Crippen LogP contribution in [0.15, 0.2) is 334 Å². The van der Waals surface area contributed by atoms with Gasteiger partial charge in [-0.15, -0.1) is 0 Å². The molecule has 11 aromatic rings. The van der Waals surface area contributed by atoms with Crippen LogP contribution in [0.2, 0.25) is 0 Å². The molecule has 5 N–H and O–H groups in total. The van der Waals surface area contributed by atoms with Crippen LogP contribution < -0.4 is 0 Å². The van der Waals surface area contributed by atoms with E-state index in [1.165, 1.54) is 0 Å². The van der Waals surface area contributed by atoms with Gasteiger partial charge in [0.25, 0.3) is 0 Å². The number of hydrogen-bond donors (Lipinski definition) is 5. The lowest BCUT2D eigenvalue weighted by Crippen LogP contribution is -2.49. The highest BCUT2D eigenvalue weighted by Crippen LogP contribution is 2.43. The molecule has 0 unspecified atom stereocenters. The van der Waals surface area contributed by atoms with E-state index in [9.17, 15) is 25.5 Å². The first-order chi connectivity index (χ1) is 70.0. The summed E-state index contributed by atoms with van der Waals surface area (Å²) in [6.07, 6.45) is -35.9. The van der Waals surface area contributed by atoms with Crippen LogP contribution in [0.25, 0.3) is 0 Å². The number of esters is 1. The highest BCUT2D eigenvalue weighted by molar-refractivity contribution is 5.89. The Morgan fingerprint density at radius 2 is 0.437 bits per heavy atom. The Kier molecular flexibility index (Phi) is 37.3. The zero-order valence-electron chi connectivity index (χ0n) is 78.4. The van der Waals surface area contributed by atoms with E-state index in [1.807, 2.05) is 303 Å². The second-order valence-electron chi connectivity index (χ2n) is 35.8. The largest absolute Gasteiger partial charge is 0.450 e. The van der Waals surface area contributed by atoms with Gasteiger partial charge in [0.1, 0.15) is 122 Å². The first-order valence-corrected chi connectivity index (χ1v) is 48.3. The lowest BCUT2D eigenvalue weighted by atomic mass is 10.1. The van der Waals surface area contributed by atoms with Crippen molar-refractivity contribution < 1.29 is 144 Å². The fourth-order valence-corrected chi connectivity index (χ4v) is 18.3. The van der Waals surface area contributed by atoms with Crippen molar-refractivity contribution in [1.82, 2.24) is 0 Å². The molecule has 142 heavy (non-hydrogen) atoms. The monoisotopic (exact) mass is 1950 g/mol. The number of aliphatic hydroxyl groups excluding tert-OH is 5. The van der Waals surface area contributed by atoms with Crippen LogP contribution in [0.5, 0.6) is 0 Å². The SMILES string of the molecule is O=C(O[C@@H]1[C@@H](OC[C@H]2O[C@H](OC[C@H]3O[C@H](O)[C@@H](OCc4ccccc4)[C@@H]3OCc3ccccc3)[C@@H](OCc3ccccc3)[C@@H]2OCc2ccccc2)O[C@H](CO[C@H]2O[C@H](COCc3ccccc3)[C@@H](OCc3ccccc3)[C@@H]2O[C@@H]2O[C@H](CO)[C@@H](O)[C@@H]2OCc2ccccc2)[C@H]1O[C@H]1O[C@H](COCc2ccccc2)[C@@H](OCc2ccccc2)[C@@H]1O[C@@H]1O[C@H](CO)[C@@H](O)[C@@H]1OCc1ccccc1)c1ccccc1. The number of carbonyl (C=O) groups excluding carboxylic acids is 1. The number of ether oxygens (including phenoxy) is 24. The number of rotatable bonds is 51. The van der Waals surface area contributed by atoms with Crippen molar-refractivity contribution in [2.24, 2.45) is 0 Å². The maximum Gasteiger partial charge on any atom is 0.338 e. The summed E-state index contributed by atoms with van der Waals surface area (Å²) in [7, 11) is 0. The molecule has 7 heterocycles.